The van der Waals surface area contributed by atoms with Crippen molar-refractivity contribution in [3.63, 3.8) is 0 Å². The van der Waals surface area contributed by atoms with Gasteiger partial charge in [0.2, 0.25) is 0 Å². The van der Waals surface area contributed by atoms with E-state index >= 15 is 0 Å². The quantitative estimate of drug-likeness (QED) is 0.675. The van der Waals surface area contributed by atoms with Crippen molar-refractivity contribution in [1.29, 1.82) is 0 Å². The fourth-order valence-electron chi connectivity index (χ4n) is 7.39. The van der Waals surface area contributed by atoms with Gasteiger partial charge in [-0.05, 0) is 19.1 Å². The van der Waals surface area contributed by atoms with Crippen LogP contribution in [0.3, 0.4) is 0 Å². The molecule has 2 unspecified atom stereocenters. The second kappa shape index (κ2) is 6.18. The molecular weight excluding hydrogens is 416 g/mol. The molecule has 1 spiro atoms. The summed E-state index contributed by atoms with van der Waals surface area (Å²) < 4.78 is 17.5. The third kappa shape index (κ3) is 1.99. The molecule has 5 aliphatic rings. The number of carbonyl (C=O) groups excluding carboxylic acids is 3. The maximum atomic E-state index is 13.7. The largest absolute Gasteiger partial charge is 0.462 e. The third-order valence-electron chi connectivity index (χ3n) is 9.36. The zero-order chi connectivity index (χ0) is 23.3. The summed E-state index contributed by atoms with van der Waals surface area (Å²) in [4.78, 5) is 38.5. The molecule has 1 heterocycles. The Morgan fingerprint density at radius 1 is 1.19 bits per heavy atom. The fraction of sp³-hybridized carbons (Fsp3) is 0.625. The van der Waals surface area contributed by atoms with Gasteiger partial charge in [0.25, 0.3) is 5.79 Å². The zero-order valence-electron chi connectivity index (χ0n) is 18.6. The molecule has 172 valence electrons. The molecule has 4 bridgehead atoms. The van der Waals surface area contributed by atoms with Crippen LogP contribution in [-0.2, 0) is 23.8 Å². The lowest BCUT2D eigenvalue weighted by Crippen LogP contribution is -2.84. The molecule has 6 rings (SSSR count). The van der Waals surface area contributed by atoms with E-state index in [4.69, 9.17) is 14.2 Å². The molecule has 5 fully saturated rings. The minimum absolute atomic E-state index is 0.0657. The smallest absolute Gasteiger partial charge is 0.340 e. The van der Waals surface area contributed by atoms with E-state index in [9.17, 15) is 24.6 Å². The lowest BCUT2D eigenvalue weighted by molar-refractivity contribution is -0.366. The van der Waals surface area contributed by atoms with Gasteiger partial charge >= 0.3 is 11.9 Å². The van der Waals surface area contributed by atoms with Crippen molar-refractivity contribution in [2.75, 3.05) is 6.61 Å². The topological polar surface area (TPSA) is 119 Å². The molecule has 1 saturated heterocycles. The van der Waals surface area contributed by atoms with Crippen molar-refractivity contribution < 1.29 is 38.8 Å². The average molecular weight is 444 g/mol. The van der Waals surface area contributed by atoms with Gasteiger partial charge in [-0.1, -0.05) is 32.0 Å². The molecule has 1 aliphatic heterocycles. The number of fused-ring (bicyclic) bond motifs is 1. The summed E-state index contributed by atoms with van der Waals surface area (Å²) in [5, 5.41) is 24.0. The van der Waals surface area contributed by atoms with Crippen molar-refractivity contribution >= 4 is 17.7 Å². The summed E-state index contributed by atoms with van der Waals surface area (Å²) in [6.07, 6.45) is -2.25. The fourth-order valence-corrected chi connectivity index (χ4v) is 7.39. The molecule has 32 heavy (non-hydrogen) atoms. The van der Waals surface area contributed by atoms with Crippen LogP contribution in [0.2, 0.25) is 0 Å². The molecule has 1 aromatic carbocycles. The molecule has 0 aromatic heterocycles. The SMILES string of the molecule is CC(=O)O[C@H]1C[C@@]2(O)C3(CC(=O)C4(C)[C@](OC(=O)c5ccccc5)(OC[C@@]42C)[C@@H]3O)[C@@H]1C. The molecule has 1 aromatic rings. The van der Waals surface area contributed by atoms with Gasteiger partial charge < -0.3 is 24.4 Å². The van der Waals surface area contributed by atoms with E-state index in [1.165, 1.54) is 6.92 Å². The Hall–Kier alpha value is -2.29. The minimum atomic E-state index is -1.96. The lowest BCUT2D eigenvalue weighted by atomic mass is 9.35. The van der Waals surface area contributed by atoms with E-state index in [-0.39, 0.29) is 30.8 Å². The van der Waals surface area contributed by atoms with Crippen molar-refractivity contribution in [2.45, 2.75) is 64.1 Å². The standard InChI is InChI=1S/C24H28O8/c1-13-16(31-14(2)25)10-23(29)20(3)12-30-24(32-18(27)15-8-6-5-7-9-15)19(28)22(13,23)11-17(26)21(20,24)4/h5-9,13,16,19,28-29H,10-12H2,1-4H3/t13-,16+,19-,20+,21?,22?,23+,24+/m1/s1. The predicted molar refractivity (Wildman–Crippen MR) is 109 cm³/mol. The number of hydrogen-bond donors (Lipinski definition) is 2. The highest BCUT2D eigenvalue weighted by Crippen LogP contribution is 2.80. The molecule has 4 saturated carbocycles. The number of rotatable bonds is 3. The Balaban J connectivity index is 1.68. The van der Waals surface area contributed by atoms with E-state index in [1.54, 1.807) is 51.1 Å². The number of aliphatic hydroxyl groups is 2. The third-order valence-corrected chi connectivity index (χ3v) is 9.36. The van der Waals surface area contributed by atoms with Gasteiger partial charge in [0.05, 0.1) is 17.8 Å². The molecule has 8 atom stereocenters. The number of ether oxygens (including phenoxy) is 3. The normalized spacial score (nSPS) is 48.4. The van der Waals surface area contributed by atoms with E-state index in [1.807, 2.05) is 0 Å². The van der Waals surface area contributed by atoms with E-state index in [0.717, 1.165) is 0 Å². The second-order valence-electron chi connectivity index (χ2n) is 10.2. The summed E-state index contributed by atoms with van der Waals surface area (Å²) in [5.41, 5.74) is -5.38. The Kier molecular flexibility index (Phi) is 4.16. The van der Waals surface area contributed by atoms with E-state index < -0.39 is 57.7 Å². The van der Waals surface area contributed by atoms with Crippen LogP contribution in [-0.4, -0.2) is 58.1 Å². The highest BCUT2D eigenvalue weighted by Gasteiger charge is 2.94. The summed E-state index contributed by atoms with van der Waals surface area (Å²) in [5.74, 6) is -4.01. The average Bonchev–Trinajstić information content (AvgIpc) is 3.10. The first-order chi connectivity index (χ1) is 14.9. The van der Waals surface area contributed by atoms with Crippen LogP contribution < -0.4 is 0 Å². The van der Waals surface area contributed by atoms with Gasteiger partial charge in [-0.3, -0.25) is 9.59 Å². The Morgan fingerprint density at radius 2 is 1.84 bits per heavy atom. The van der Waals surface area contributed by atoms with E-state index in [0.29, 0.717) is 0 Å². The maximum Gasteiger partial charge on any atom is 0.340 e. The number of aliphatic hydroxyl groups excluding tert-OH is 1. The highest BCUT2D eigenvalue weighted by atomic mass is 16.7. The van der Waals surface area contributed by atoms with Gasteiger partial charge in [0, 0.05) is 36.5 Å². The molecule has 4 aliphatic carbocycles. The number of hydrogen-bond acceptors (Lipinski definition) is 8. The monoisotopic (exact) mass is 444 g/mol. The maximum absolute atomic E-state index is 13.7. The molecule has 8 nitrogen and oxygen atoms in total. The zero-order valence-corrected chi connectivity index (χ0v) is 18.6. The number of Topliss-reactive ketones (excluding diaryl/α,β-unsaturated/α-hetero) is 1. The first-order valence-electron chi connectivity index (χ1n) is 10.9. The van der Waals surface area contributed by atoms with E-state index in [2.05, 4.69) is 0 Å². The number of benzene rings is 1. The molecule has 0 amide bonds. The van der Waals surface area contributed by atoms with Gasteiger partial charge in [-0.2, -0.15) is 0 Å². The van der Waals surface area contributed by atoms with Gasteiger partial charge in [-0.15, -0.1) is 0 Å². The number of carbonyl (C=O) groups is 3. The van der Waals surface area contributed by atoms with Gasteiger partial charge in [-0.25, -0.2) is 4.79 Å². The van der Waals surface area contributed by atoms with Gasteiger partial charge in [0.1, 0.15) is 23.4 Å². The molecule has 0 radical (unpaired) electrons. The lowest BCUT2D eigenvalue weighted by Gasteiger charge is -2.70. The summed E-state index contributed by atoms with van der Waals surface area (Å²) in [6.45, 7) is 6.30. The summed E-state index contributed by atoms with van der Waals surface area (Å²) in [6, 6.07) is 8.28. The van der Waals surface area contributed by atoms with Crippen molar-refractivity contribution in [1.82, 2.24) is 0 Å². The van der Waals surface area contributed by atoms with Crippen molar-refractivity contribution in [2.24, 2.45) is 22.2 Å². The Morgan fingerprint density at radius 3 is 2.47 bits per heavy atom. The molecule has 8 heteroatoms. The Labute approximate surface area is 185 Å². The minimum Gasteiger partial charge on any atom is -0.462 e. The van der Waals surface area contributed by atoms with Crippen molar-refractivity contribution in [3.8, 4) is 0 Å². The molecule has 2 N–H and O–H groups in total. The Bertz CT molecular complexity index is 1020. The molecular formula is C24H28O8. The van der Waals surface area contributed by atoms with Gasteiger partial charge in [0.15, 0.2) is 0 Å². The summed E-state index contributed by atoms with van der Waals surface area (Å²) in [7, 11) is 0. The van der Waals surface area contributed by atoms with Crippen LogP contribution in [0, 0.1) is 22.2 Å². The highest BCUT2D eigenvalue weighted by molar-refractivity contribution is 5.94. The van der Waals surface area contributed by atoms with Crippen LogP contribution >= 0.6 is 0 Å². The van der Waals surface area contributed by atoms with Crippen LogP contribution in [0.25, 0.3) is 0 Å². The van der Waals surface area contributed by atoms with Crippen LogP contribution in [0.5, 0.6) is 0 Å². The van der Waals surface area contributed by atoms with Crippen LogP contribution in [0.15, 0.2) is 30.3 Å². The number of esters is 2. The predicted octanol–water partition coefficient (Wildman–Crippen LogP) is 1.62. The van der Waals surface area contributed by atoms with Crippen LogP contribution in [0.1, 0.15) is 50.9 Å². The first kappa shape index (κ1) is 21.6. The first-order valence-corrected chi connectivity index (χ1v) is 10.9. The van der Waals surface area contributed by atoms with Crippen molar-refractivity contribution in [3.05, 3.63) is 35.9 Å². The summed E-state index contributed by atoms with van der Waals surface area (Å²) >= 11 is 0. The second-order valence-corrected chi connectivity index (χ2v) is 10.2. The number of ketones is 1. The van der Waals surface area contributed by atoms with Crippen LogP contribution in [0.4, 0.5) is 0 Å².